The molecule has 1 aliphatic heterocycles. The summed E-state index contributed by atoms with van der Waals surface area (Å²) >= 11 is 0. The second-order valence-electron chi connectivity index (χ2n) is 3.56. The van der Waals surface area contributed by atoms with E-state index < -0.39 is 17.3 Å². The molecule has 3 N–H and O–H groups in total. The molecule has 0 saturated carbocycles. The number of carbonyl (C=O) groups is 2. The van der Waals surface area contributed by atoms with Crippen molar-refractivity contribution in [3.05, 3.63) is 0 Å². The van der Waals surface area contributed by atoms with Crippen LogP contribution in [0.5, 0.6) is 0 Å². The molecule has 0 aromatic carbocycles. The summed E-state index contributed by atoms with van der Waals surface area (Å²) in [6, 6.07) is 0. The van der Waals surface area contributed by atoms with Crippen LogP contribution in [0.2, 0.25) is 0 Å². The number of carbonyl (C=O) groups excluding carboxylic acids is 1. The van der Waals surface area contributed by atoms with Crippen LogP contribution in [0.4, 0.5) is 0 Å². The second-order valence-corrected chi connectivity index (χ2v) is 3.56. The molecule has 0 bridgehead atoms. The Morgan fingerprint density at radius 2 is 2.07 bits per heavy atom. The molecule has 1 rings (SSSR count). The van der Waals surface area contributed by atoms with Gasteiger partial charge in [-0.2, -0.15) is 0 Å². The SMILES string of the molecule is N=CC(=O)NCC1(C(=O)O)CCOCC1. The van der Waals surface area contributed by atoms with E-state index in [9.17, 15) is 9.59 Å². The molecule has 1 heterocycles. The van der Waals surface area contributed by atoms with Gasteiger partial charge in [-0.1, -0.05) is 0 Å². The number of carboxylic acid groups (broad SMARTS) is 1. The van der Waals surface area contributed by atoms with E-state index in [0.717, 1.165) is 0 Å². The van der Waals surface area contributed by atoms with Crippen molar-refractivity contribution < 1.29 is 19.4 Å². The van der Waals surface area contributed by atoms with Crippen molar-refractivity contribution >= 4 is 18.1 Å². The first-order valence-corrected chi connectivity index (χ1v) is 4.70. The molecule has 0 radical (unpaired) electrons. The first-order chi connectivity index (χ1) is 7.10. The standard InChI is InChI=1S/C9H14N2O4/c10-5-7(12)11-6-9(8(13)14)1-3-15-4-2-9/h5,10H,1-4,6H2,(H,11,12)(H,13,14). The van der Waals surface area contributed by atoms with E-state index in [1.807, 2.05) is 0 Å². The van der Waals surface area contributed by atoms with E-state index in [1.54, 1.807) is 0 Å². The monoisotopic (exact) mass is 214 g/mol. The van der Waals surface area contributed by atoms with Crippen molar-refractivity contribution in [1.29, 1.82) is 5.41 Å². The number of rotatable bonds is 4. The van der Waals surface area contributed by atoms with Crippen molar-refractivity contribution in [2.75, 3.05) is 19.8 Å². The molecule has 0 aromatic heterocycles. The van der Waals surface area contributed by atoms with Crippen molar-refractivity contribution in [2.24, 2.45) is 5.41 Å². The van der Waals surface area contributed by atoms with E-state index >= 15 is 0 Å². The van der Waals surface area contributed by atoms with Crippen molar-refractivity contribution in [2.45, 2.75) is 12.8 Å². The molecule has 0 aliphatic carbocycles. The predicted molar refractivity (Wildman–Crippen MR) is 51.9 cm³/mol. The summed E-state index contributed by atoms with van der Waals surface area (Å²) in [5, 5.41) is 18.2. The van der Waals surface area contributed by atoms with Crippen LogP contribution in [0, 0.1) is 10.8 Å². The second kappa shape index (κ2) is 4.88. The summed E-state index contributed by atoms with van der Waals surface area (Å²) in [4.78, 5) is 22.0. The lowest BCUT2D eigenvalue weighted by Gasteiger charge is -2.32. The maximum Gasteiger partial charge on any atom is 0.311 e. The zero-order chi connectivity index (χ0) is 11.3. The number of ether oxygens (including phenoxy) is 1. The number of hydrogen-bond donors (Lipinski definition) is 3. The Morgan fingerprint density at radius 1 is 1.47 bits per heavy atom. The van der Waals surface area contributed by atoms with Crippen molar-refractivity contribution in [1.82, 2.24) is 5.32 Å². The average Bonchev–Trinajstić information content (AvgIpc) is 2.27. The van der Waals surface area contributed by atoms with Crippen LogP contribution in [0.3, 0.4) is 0 Å². The van der Waals surface area contributed by atoms with E-state index in [1.165, 1.54) is 0 Å². The summed E-state index contributed by atoms with van der Waals surface area (Å²) in [6.07, 6.45) is 1.41. The Balaban J connectivity index is 2.60. The van der Waals surface area contributed by atoms with E-state index in [4.69, 9.17) is 15.3 Å². The highest BCUT2D eigenvalue weighted by atomic mass is 16.5. The highest BCUT2D eigenvalue weighted by Gasteiger charge is 2.40. The third-order valence-corrected chi connectivity index (χ3v) is 2.64. The zero-order valence-electron chi connectivity index (χ0n) is 8.28. The van der Waals surface area contributed by atoms with Crippen LogP contribution >= 0.6 is 0 Å². The molecular weight excluding hydrogens is 200 g/mol. The molecular formula is C9H14N2O4. The Labute approximate surface area is 87.1 Å². The lowest BCUT2D eigenvalue weighted by molar-refractivity contribution is -0.154. The van der Waals surface area contributed by atoms with Gasteiger partial charge in [0, 0.05) is 19.8 Å². The third kappa shape index (κ3) is 2.76. The Hall–Kier alpha value is -1.43. The van der Waals surface area contributed by atoms with Crippen molar-refractivity contribution in [3.63, 3.8) is 0 Å². The smallest absolute Gasteiger partial charge is 0.311 e. The third-order valence-electron chi connectivity index (χ3n) is 2.64. The molecule has 15 heavy (non-hydrogen) atoms. The average molecular weight is 214 g/mol. The van der Waals surface area contributed by atoms with Gasteiger partial charge in [-0.3, -0.25) is 9.59 Å². The number of aliphatic carboxylic acids is 1. The predicted octanol–water partition coefficient (Wildman–Crippen LogP) is -0.366. The normalized spacial score (nSPS) is 19.2. The maximum atomic E-state index is 11.1. The number of nitrogens with one attached hydrogen (secondary N) is 2. The molecule has 84 valence electrons. The van der Waals surface area contributed by atoms with Gasteiger partial charge >= 0.3 is 5.97 Å². The fourth-order valence-corrected chi connectivity index (χ4v) is 1.54. The molecule has 0 atom stereocenters. The van der Waals surface area contributed by atoms with Crippen LogP contribution in [-0.4, -0.2) is 43.0 Å². The first-order valence-electron chi connectivity index (χ1n) is 4.70. The number of hydrogen-bond acceptors (Lipinski definition) is 4. The topological polar surface area (TPSA) is 99.5 Å². The van der Waals surface area contributed by atoms with E-state index in [-0.39, 0.29) is 6.54 Å². The van der Waals surface area contributed by atoms with Crippen molar-refractivity contribution in [3.8, 4) is 0 Å². The van der Waals surface area contributed by atoms with Gasteiger partial charge in [-0.15, -0.1) is 0 Å². The lowest BCUT2D eigenvalue weighted by atomic mass is 9.80. The molecule has 1 amide bonds. The van der Waals surface area contributed by atoms with Gasteiger partial charge in [0.1, 0.15) is 0 Å². The summed E-state index contributed by atoms with van der Waals surface area (Å²) in [5.41, 5.74) is -0.934. The Morgan fingerprint density at radius 3 is 2.53 bits per heavy atom. The summed E-state index contributed by atoms with van der Waals surface area (Å²) in [7, 11) is 0. The fourth-order valence-electron chi connectivity index (χ4n) is 1.54. The van der Waals surface area contributed by atoms with Crippen LogP contribution in [0.25, 0.3) is 0 Å². The largest absolute Gasteiger partial charge is 0.481 e. The fraction of sp³-hybridized carbons (Fsp3) is 0.667. The maximum absolute atomic E-state index is 11.1. The number of amides is 1. The summed E-state index contributed by atoms with van der Waals surface area (Å²) in [6.45, 7) is 0.847. The van der Waals surface area contributed by atoms with Crippen LogP contribution < -0.4 is 5.32 Å². The Bertz CT molecular complexity index is 271. The molecule has 6 nitrogen and oxygen atoms in total. The molecule has 0 spiro atoms. The van der Waals surface area contributed by atoms with Gasteiger partial charge in [0.25, 0.3) is 5.91 Å². The highest BCUT2D eigenvalue weighted by Crippen LogP contribution is 2.29. The van der Waals surface area contributed by atoms with Gasteiger partial charge < -0.3 is 20.6 Å². The molecule has 1 aliphatic rings. The number of carboxylic acids is 1. The summed E-state index contributed by atoms with van der Waals surface area (Å²) in [5.74, 6) is -1.49. The molecule has 0 aromatic rings. The lowest BCUT2D eigenvalue weighted by Crippen LogP contribution is -2.46. The Kier molecular flexibility index (Phi) is 3.79. The highest BCUT2D eigenvalue weighted by molar-refractivity contribution is 6.24. The first kappa shape index (κ1) is 11.6. The summed E-state index contributed by atoms with van der Waals surface area (Å²) < 4.78 is 5.09. The van der Waals surface area contributed by atoms with Gasteiger partial charge in [0.2, 0.25) is 0 Å². The molecule has 0 unspecified atom stereocenters. The van der Waals surface area contributed by atoms with Crippen LogP contribution in [0.15, 0.2) is 0 Å². The van der Waals surface area contributed by atoms with E-state index in [0.29, 0.717) is 32.3 Å². The molecule has 1 saturated heterocycles. The quantitative estimate of drug-likeness (QED) is 0.556. The minimum atomic E-state index is -0.934. The van der Waals surface area contributed by atoms with Gasteiger partial charge in [0.15, 0.2) is 0 Å². The zero-order valence-corrected chi connectivity index (χ0v) is 8.28. The minimum absolute atomic E-state index is 0.0555. The van der Waals surface area contributed by atoms with Gasteiger partial charge in [0.05, 0.1) is 11.6 Å². The van der Waals surface area contributed by atoms with Crippen LogP contribution in [-0.2, 0) is 14.3 Å². The van der Waals surface area contributed by atoms with Gasteiger partial charge in [-0.25, -0.2) is 0 Å². The van der Waals surface area contributed by atoms with E-state index in [2.05, 4.69) is 5.32 Å². The van der Waals surface area contributed by atoms with Gasteiger partial charge in [-0.05, 0) is 12.8 Å². The minimum Gasteiger partial charge on any atom is -0.481 e. The van der Waals surface area contributed by atoms with Crippen LogP contribution in [0.1, 0.15) is 12.8 Å². The molecule has 1 fully saturated rings. The molecule has 6 heteroatoms.